The summed E-state index contributed by atoms with van der Waals surface area (Å²) >= 11 is 0. The third-order valence-electron chi connectivity index (χ3n) is 3.77. The van der Waals surface area contributed by atoms with E-state index >= 15 is 0 Å². The highest BCUT2D eigenvalue weighted by Crippen LogP contribution is 2.25. The Labute approximate surface area is 124 Å². The lowest BCUT2D eigenvalue weighted by Crippen LogP contribution is -2.30. The summed E-state index contributed by atoms with van der Waals surface area (Å²) in [6.45, 7) is 7.87. The second kappa shape index (κ2) is 6.03. The fraction of sp³-hybridized carbons (Fsp3) is 0.467. The second-order valence-corrected chi connectivity index (χ2v) is 5.18. The van der Waals surface area contributed by atoms with E-state index in [0.29, 0.717) is 5.56 Å². The van der Waals surface area contributed by atoms with Gasteiger partial charge in [-0.3, -0.25) is 9.89 Å². The molecule has 1 atom stereocenters. The lowest BCUT2D eigenvalue weighted by atomic mass is 10.0. The third kappa shape index (κ3) is 2.94. The summed E-state index contributed by atoms with van der Waals surface area (Å²) in [5.74, 6) is 0.647. The van der Waals surface area contributed by atoms with Gasteiger partial charge in [-0.1, -0.05) is 6.92 Å². The number of hydrogen-bond acceptors (Lipinski definition) is 4. The number of carbonyl (C=O) groups is 1. The largest absolute Gasteiger partial charge is 0.335 e. The van der Waals surface area contributed by atoms with Gasteiger partial charge in [0.25, 0.3) is 5.91 Å². The van der Waals surface area contributed by atoms with E-state index in [2.05, 4.69) is 20.2 Å². The molecule has 0 radical (unpaired) electrons. The van der Waals surface area contributed by atoms with Gasteiger partial charge in [0, 0.05) is 37.1 Å². The van der Waals surface area contributed by atoms with E-state index in [1.165, 1.54) is 0 Å². The number of hydrogen-bond donors (Lipinski definition) is 1. The van der Waals surface area contributed by atoms with Gasteiger partial charge in [-0.05, 0) is 20.8 Å². The molecule has 2 rings (SSSR count). The van der Waals surface area contributed by atoms with Crippen LogP contribution in [0.15, 0.2) is 12.4 Å². The summed E-state index contributed by atoms with van der Waals surface area (Å²) < 4.78 is 0. The maximum Gasteiger partial charge on any atom is 0.257 e. The van der Waals surface area contributed by atoms with Crippen LogP contribution in [0.1, 0.15) is 53.0 Å². The number of aryl methyl sites for hydroxylation is 3. The number of nitrogens with one attached hydrogen (secondary N) is 1. The molecule has 2 aromatic rings. The Morgan fingerprint density at radius 2 is 1.95 bits per heavy atom. The van der Waals surface area contributed by atoms with Crippen molar-refractivity contribution in [3.8, 4) is 0 Å². The fourth-order valence-electron chi connectivity index (χ4n) is 2.40. The van der Waals surface area contributed by atoms with E-state index in [1.807, 2.05) is 27.7 Å². The molecule has 1 amide bonds. The summed E-state index contributed by atoms with van der Waals surface area (Å²) in [6.07, 6.45) is 3.94. The van der Waals surface area contributed by atoms with Crippen molar-refractivity contribution >= 4 is 5.91 Å². The molecule has 2 aromatic heterocycles. The SMILES string of the molecule is CCc1ncc(C(=O)N(C)[C@H](C)c2c(C)n[nH]c2C)cn1. The zero-order valence-electron chi connectivity index (χ0n) is 13.1. The average molecular weight is 287 g/mol. The Morgan fingerprint density at radius 3 is 2.43 bits per heavy atom. The molecule has 0 bridgehead atoms. The molecule has 21 heavy (non-hydrogen) atoms. The molecule has 0 spiro atoms. The Morgan fingerprint density at radius 1 is 1.33 bits per heavy atom. The highest BCUT2D eigenvalue weighted by molar-refractivity contribution is 5.93. The molecule has 6 nitrogen and oxygen atoms in total. The van der Waals surface area contributed by atoms with Gasteiger partial charge >= 0.3 is 0 Å². The van der Waals surface area contributed by atoms with Crippen LogP contribution in [0.3, 0.4) is 0 Å². The van der Waals surface area contributed by atoms with Crippen LogP contribution < -0.4 is 0 Å². The lowest BCUT2D eigenvalue weighted by Gasteiger charge is -2.25. The molecule has 0 fully saturated rings. The first kappa shape index (κ1) is 15.2. The maximum atomic E-state index is 12.5. The predicted molar refractivity (Wildman–Crippen MR) is 80.0 cm³/mol. The van der Waals surface area contributed by atoms with Crippen LogP contribution in [0.5, 0.6) is 0 Å². The van der Waals surface area contributed by atoms with E-state index in [-0.39, 0.29) is 11.9 Å². The topological polar surface area (TPSA) is 74.8 Å². The fourth-order valence-corrected chi connectivity index (χ4v) is 2.40. The number of rotatable bonds is 4. The Balaban J connectivity index is 2.22. The van der Waals surface area contributed by atoms with Crippen LogP contribution in [0.4, 0.5) is 0 Å². The number of carbonyl (C=O) groups excluding carboxylic acids is 1. The Hall–Kier alpha value is -2.24. The monoisotopic (exact) mass is 287 g/mol. The normalized spacial score (nSPS) is 12.2. The molecule has 0 aliphatic heterocycles. The van der Waals surface area contributed by atoms with Crippen molar-refractivity contribution in [1.29, 1.82) is 0 Å². The van der Waals surface area contributed by atoms with Crippen LogP contribution in [-0.4, -0.2) is 38.0 Å². The first-order valence-corrected chi connectivity index (χ1v) is 7.05. The van der Waals surface area contributed by atoms with Crippen LogP contribution in [0.2, 0.25) is 0 Å². The number of amides is 1. The molecule has 6 heteroatoms. The van der Waals surface area contributed by atoms with Crippen molar-refractivity contribution in [3.63, 3.8) is 0 Å². The molecule has 112 valence electrons. The Kier molecular flexibility index (Phi) is 4.35. The zero-order chi connectivity index (χ0) is 15.6. The van der Waals surface area contributed by atoms with Gasteiger partial charge in [0.05, 0.1) is 17.3 Å². The second-order valence-electron chi connectivity index (χ2n) is 5.18. The smallest absolute Gasteiger partial charge is 0.257 e. The van der Waals surface area contributed by atoms with Crippen LogP contribution in [0.25, 0.3) is 0 Å². The lowest BCUT2D eigenvalue weighted by molar-refractivity contribution is 0.0741. The molecule has 1 N–H and O–H groups in total. The minimum atomic E-state index is -0.0925. The molecular formula is C15H21N5O. The van der Waals surface area contributed by atoms with Crippen molar-refractivity contribution < 1.29 is 4.79 Å². The van der Waals surface area contributed by atoms with E-state index < -0.39 is 0 Å². The zero-order valence-corrected chi connectivity index (χ0v) is 13.1. The molecule has 0 saturated carbocycles. The van der Waals surface area contributed by atoms with Gasteiger partial charge in [0.2, 0.25) is 0 Å². The quantitative estimate of drug-likeness (QED) is 0.935. The summed E-state index contributed by atoms with van der Waals surface area (Å²) in [5.41, 5.74) is 3.45. The molecule has 0 saturated heterocycles. The minimum Gasteiger partial charge on any atom is -0.335 e. The van der Waals surface area contributed by atoms with Gasteiger partial charge in [-0.2, -0.15) is 5.10 Å². The first-order chi connectivity index (χ1) is 9.95. The van der Waals surface area contributed by atoms with E-state index in [0.717, 1.165) is 29.2 Å². The minimum absolute atomic E-state index is 0.0675. The van der Waals surface area contributed by atoms with Crippen molar-refractivity contribution in [1.82, 2.24) is 25.1 Å². The summed E-state index contributed by atoms with van der Waals surface area (Å²) in [7, 11) is 1.78. The number of H-pyrrole nitrogens is 1. The predicted octanol–water partition coefficient (Wildman–Crippen LogP) is 2.21. The highest BCUT2D eigenvalue weighted by atomic mass is 16.2. The van der Waals surface area contributed by atoms with Crippen LogP contribution in [-0.2, 0) is 6.42 Å². The van der Waals surface area contributed by atoms with E-state index in [4.69, 9.17) is 0 Å². The molecular weight excluding hydrogens is 266 g/mol. The molecule has 0 unspecified atom stereocenters. The molecule has 2 heterocycles. The molecule has 0 aliphatic rings. The summed E-state index contributed by atoms with van der Waals surface area (Å²) in [5, 5.41) is 7.14. The van der Waals surface area contributed by atoms with Crippen LogP contribution >= 0.6 is 0 Å². The van der Waals surface area contributed by atoms with Crippen molar-refractivity contribution in [2.75, 3.05) is 7.05 Å². The third-order valence-corrected chi connectivity index (χ3v) is 3.77. The maximum absolute atomic E-state index is 12.5. The van der Waals surface area contributed by atoms with E-state index in [9.17, 15) is 4.79 Å². The van der Waals surface area contributed by atoms with Gasteiger partial charge in [-0.25, -0.2) is 9.97 Å². The van der Waals surface area contributed by atoms with Gasteiger partial charge < -0.3 is 4.90 Å². The van der Waals surface area contributed by atoms with Gasteiger partial charge in [0.1, 0.15) is 5.82 Å². The summed E-state index contributed by atoms with van der Waals surface area (Å²) in [4.78, 5) is 22.6. The van der Waals surface area contributed by atoms with Crippen molar-refractivity contribution in [2.24, 2.45) is 0 Å². The average Bonchev–Trinajstić information content (AvgIpc) is 2.84. The molecule has 0 aliphatic carbocycles. The first-order valence-electron chi connectivity index (χ1n) is 7.05. The number of aromatic amines is 1. The van der Waals surface area contributed by atoms with Crippen molar-refractivity contribution in [3.05, 3.63) is 40.7 Å². The Bertz CT molecular complexity index is 613. The van der Waals surface area contributed by atoms with Crippen LogP contribution in [0, 0.1) is 13.8 Å². The molecule has 0 aromatic carbocycles. The van der Waals surface area contributed by atoms with Gasteiger partial charge in [-0.15, -0.1) is 0 Å². The number of nitrogens with zero attached hydrogens (tertiary/aromatic N) is 4. The van der Waals surface area contributed by atoms with Gasteiger partial charge in [0.15, 0.2) is 0 Å². The highest BCUT2D eigenvalue weighted by Gasteiger charge is 2.23. The number of aromatic nitrogens is 4. The van der Waals surface area contributed by atoms with Crippen molar-refractivity contribution in [2.45, 2.75) is 40.2 Å². The van der Waals surface area contributed by atoms with E-state index in [1.54, 1.807) is 24.3 Å². The summed E-state index contributed by atoms with van der Waals surface area (Å²) in [6, 6.07) is -0.0675. The standard InChI is InChI=1S/C15H21N5O/c1-6-13-16-7-12(8-17-13)15(21)20(5)11(4)14-9(2)18-19-10(14)3/h7-8,11H,6H2,1-5H3,(H,18,19)/t11-/m1/s1.